The molecule has 1 atom stereocenters. The number of carbonyl (C=O) groups excluding carboxylic acids is 3. The Labute approximate surface area is 137 Å². The first-order valence-corrected chi connectivity index (χ1v) is 8.40. The highest BCUT2D eigenvalue weighted by Gasteiger charge is 2.38. The van der Waals surface area contributed by atoms with Crippen molar-refractivity contribution in [2.75, 3.05) is 20.1 Å². The van der Waals surface area contributed by atoms with Crippen molar-refractivity contribution in [1.82, 2.24) is 15.1 Å². The molecule has 3 rings (SSSR count). The van der Waals surface area contributed by atoms with Gasteiger partial charge >= 0.3 is 6.03 Å². The van der Waals surface area contributed by atoms with Gasteiger partial charge in [0, 0.05) is 11.9 Å². The lowest BCUT2D eigenvalue weighted by Crippen LogP contribution is -2.46. The van der Waals surface area contributed by atoms with E-state index in [9.17, 15) is 19.5 Å². The Bertz CT molecular complexity index is 612. The molecule has 2 fully saturated rings. The Hall–Kier alpha value is -1.93. The molecule has 1 aliphatic heterocycles. The van der Waals surface area contributed by atoms with E-state index >= 15 is 0 Å². The standard InChI is InChI=1S/C15H19N3O4S/c1-17-8-13(21)18(15(17)22)7-12(20)16-14(9-5-10(19)6-9)11-3-2-4-23-11/h2-4,9-10,14,19H,5-8H2,1H3,(H,16,20)/t9?,10?,14-/m0/s1. The van der Waals surface area contributed by atoms with E-state index in [4.69, 9.17) is 0 Å². The van der Waals surface area contributed by atoms with Crippen molar-refractivity contribution in [1.29, 1.82) is 0 Å². The molecule has 2 aliphatic rings. The fourth-order valence-corrected chi connectivity index (χ4v) is 3.85. The van der Waals surface area contributed by atoms with Gasteiger partial charge in [-0.05, 0) is 30.2 Å². The molecule has 0 bridgehead atoms. The number of aliphatic hydroxyl groups excluding tert-OH is 1. The molecule has 2 N–H and O–H groups in total. The van der Waals surface area contributed by atoms with Gasteiger partial charge in [-0.1, -0.05) is 6.07 Å². The molecule has 0 spiro atoms. The number of aliphatic hydroxyl groups is 1. The largest absolute Gasteiger partial charge is 0.393 e. The van der Waals surface area contributed by atoms with Crippen LogP contribution < -0.4 is 5.32 Å². The number of amides is 4. The van der Waals surface area contributed by atoms with Crippen LogP contribution in [0.2, 0.25) is 0 Å². The summed E-state index contributed by atoms with van der Waals surface area (Å²) in [5, 5.41) is 14.4. The van der Waals surface area contributed by atoms with E-state index in [1.165, 1.54) is 11.9 Å². The Balaban J connectivity index is 1.65. The lowest BCUT2D eigenvalue weighted by molar-refractivity contribution is -0.131. The third-order valence-corrected chi connectivity index (χ3v) is 5.28. The minimum absolute atomic E-state index is 0.00921. The molecule has 0 radical (unpaired) electrons. The first-order chi connectivity index (χ1) is 11.0. The van der Waals surface area contributed by atoms with Crippen LogP contribution in [0, 0.1) is 5.92 Å². The SMILES string of the molecule is CN1CC(=O)N(CC(=O)N[C@H](c2cccs2)C2CC(O)C2)C1=O. The van der Waals surface area contributed by atoms with E-state index in [2.05, 4.69) is 5.32 Å². The normalized spacial score (nSPS) is 25.5. The smallest absolute Gasteiger partial charge is 0.327 e. The van der Waals surface area contributed by atoms with E-state index in [0.717, 1.165) is 9.78 Å². The minimum atomic E-state index is -0.447. The third kappa shape index (κ3) is 3.23. The Morgan fingerprint density at radius 2 is 2.22 bits per heavy atom. The van der Waals surface area contributed by atoms with Crippen molar-refractivity contribution in [2.45, 2.75) is 25.0 Å². The second-order valence-electron chi connectivity index (χ2n) is 6.06. The quantitative estimate of drug-likeness (QED) is 0.769. The van der Waals surface area contributed by atoms with Crippen molar-refractivity contribution >= 4 is 29.2 Å². The highest BCUT2D eigenvalue weighted by molar-refractivity contribution is 7.10. The molecule has 23 heavy (non-hydrogen) atoms. The van der Waals surface area contributed by atoms with E-state index in [0.29, 0.717) is 12.8 Å². The van der Waals surface area contributed by atoms with Crippen LogP contribution in [0.5, 0.6) is 0 Å². The number of imide groups is 1. The maximum atomic E-state index is 12.3. The first-order valence-electron chi connectivity index (χ1n) is 7.52. The summed E-state index contributed by atoms with van der Waals surface area (Å²) in [6.07, 6.45) is 0.982. The molecule has 1 aromatic rings. The summed E-state index contributed by atoms with van der Waals surface area (Å²) in [4.78, 5) is 39.1. The molecular weight excluding hydrogens is 318 g/mol. The number of likely N-dealkylation sites (N-methyl/N-ethyl adjacent to an activating group) is 1. The van der Waals surface area contributed by atoms with Gasteiger partial charge in [-0.15, -0.1) is 11.3 Å². The summed E-state index contributed by atoms with van der Waals surface area (Å²) >= 11 is 1.54. The van der Waals surface area contributed by atoms with E-state index in [1.807, 2.05) is 17.5 Å². The minimum Gasteiger partial charge on any atom is -0.393 e. The fraction of sp³-hybridized carbons (Fsp3) is 0.533. The van der Waals surface area contributed by atoms with Crippen molar-refractivity contribution in [2.24, 2.45) is 5.92 Å². The Kier molecular flexibility index (Phi) is 4.36. The second-order valence-corrected chi connectivity index (χ2v) is 7.04. The van der Waals surface area contributed by atoms with Gasteiger partial charge in [-0.25, -0.2) is 4.79 Å². The van der Waals surface area contributed by atoms with Gasteiger partial charge in [0.2, 0.25) is 5.91 Å². The number of nitrogens with one attached hydrogen (secondary N) is 1. The molecule has 0 unspecified atom stereocenters. The number of urea groups is 1. The number of hydrogen-bond donors (Lipinski definition) is 2. The molecule has 8 heteroatoms. The topological polar surface area (TPSA) is 90.0 Å². The van der Waals surface area contributed by atoms with Crippen LogP contribution in [0.25, 0.3) is 0 Å². The number of carbonyl (C=O) groups is 3. The lowest BCUT2D eigenvalue weighted by atomic mass is 9.77. The van der Waals surface area contributed by atoms with Crippen LogP contribution in [0.4, 0.5) is 4.79 Å². The van der Waals surface area contributed by atoms with Gasteiger partial charge in [-0.2, -0.15) is 0 Å². The summed E-state index contributed by atoms with van der Waals surface area (Å²) in [6, 6.07) is 3.23. The predicted octanol–water partition coefficient (Wildman–Crippen LogP) is 0.570. The monoisotopic (exact) mass is 337 g/mol. The van der Waals surface area contributed by atoms with Crippen LogP contribution in [-0.2, 0) is 9.59 Å². The highest BCUT2D eigenvalue weighted by atomic mass is 32.1. The van der Waals surface area contributed by atoms with E-state index in [-0.39, 0.29) is 43.0 Å². The van der Waals surface area contributed by atoms with Crippen molar-refractivity contribution in [3.63, 3.8) is 0 Å². The maximum Gasteiger partial charge on any atom is 0.327 e. The number of thiophene rings is 1. The van der Waals surface area contributed by atoms with E-state index in [1.54, 1.807) is 11.3 Å². The van der Waals surface area contributed by atoms with Crippen LogP contribution in [0.1, 0.15) is 23.8 Å². The molecular formula is C15H19N3O4S. The summed E-state index contributed by atoms with van der Waals surface area (Å²) in [7, 11) is 1.53. The molecule has 1 saturated heterocycles. The fourth-order valence-electron chi connectivity index (χ4n) is 2.98. The van der Waals surface area contributed by atoms with Crippen LogP contribution in [0.3, 0.4) is 0 Å². The molecule has 1 aliphatic carbocycles. The average Bonchev–Trinajstić information content (AvgIpc) is 3.07. The molecule has 1 aromatic heterocycles. The van der Waals surface area contributed by atoms with Gasteiger partial charge in [0.05, 0.1) is 12.1 Å². The second kappa shape index (κ2) is 6.29. The molecule has 7 nitrogen and oxygen atoms in total. The molecule has 1 saturated carbocycles. The van der Waals surface area contributed by atoms with E-state index < -0.39 is 6.03 Å². The molecule has 4 amide bonds. The molecule has 2 heterocycles. The zero-order chi connectivity index (χ0) is 16.6. The number of hydrogen-bond acceptors (Lipinski definition) is 5. The van der Waals surface area contributed by atoms with Gasteiger partial charge in [0.15, 0.2) is 0 Å². The summed E-state index contributed by atoms with van der Waals surface area (Å²) < 4.78 is 0. The Morgan fingerprint density at radius 3 is 2.74 bits per heavy atom. The van der Waals surface area contributed by atoms with Crippen molar-refractivity contribution in [3.05, 3.63) is 22.4 Å². The van der Waals surface area contributed by atoms with Gasteiger partial charge in [0.1, 0.15) is 13.1 Å². The zero-order valence-electron chi connectivity index (χ0n) is 12.8. The number of rotatable bonds is 5. The van der Waals surface area contributed by atoms with Gasteiger partial charge < -0.3 is 15.3 Å². The summed E-state index contributed by atoms with van der Waals surface area (Å²) in [6.45, 7) is -0.256. The zero-order valence-corrected chi connectivity index (χ0v) is 13.6. The first kappa shape index (κ1) is 15.9. The predicted molar refractivity (Wildman–Crippen MR) is 83.7 cm³/mol. The highest BCUT2D eigenvalue weighted by Crippen LogP contribution is 2.39. The lowest BCUT2D eigenvalue weighted by Gasteiger charge is -2.37. The summed E-state index contributed by atoms with van der Waals surface area (Å²) in [5.74, 6) is -0.540. The van der Waals surface area contributed by atoms with Crippen LogP contribution >= 0.6 is 11.3 Å². The summed E-state index contributed by atoms with van der Waals surface area (Å²) in [5.41, 5.74) is 0. The average molecular weight is 337 g/mol. The molecule has 0 aromatic carbocycles. The third-order valence-electron chi connectivity index (χ3n) is 4.32. The maximum absolute atomic E-state index is 12.3. The Morgan fingerprint density at radius 1 is 1.48 bits per heavy atom. The van der Waals surface area contributed by atoms with Crippen molar-refractivity contribution < 1.29 is 19.5 Å². The van der Waals surface area contributed by atoms with Crippen LogP contribution in [-0.4, -0.2) is 59.0 Å². The molecule has 124 valence electrons. The van der Waals surface area contributed by atoms with Crippen molar-refractivity contribution in [3.8, 4) is 0 Å². The number of nitrogens with zero attached hydrogens (tertiary/aromatic N) is 2. The van der Waals surface area contributed by atoms with Gasteiger partial charge in [0.25, 0.3) is 5.91 Å². The van der Waals surface area contributed by atoms with Gasteiger partial charge in [-0.3, -0.25) is 14.5 Å². The van der Waals surface area contributed by atoms with Crippen LogP contribution in [0.15, 0.2) is 17.5 Å².